The molecule has 0 unspecified atom stereocenters. The van der Waals surface area contributed by atoms with E-state index in [1.807, 2.05) is 33.7 Å². The van der Waals surface area contributed by atoms with E-state index in [-0.39, 0.29) is 30.7 Å². The van der Waals surface area contributed by atoms with E-state index in [2.05, 4.69) is 10.3 Å². The number of benzene rings is 2. The van der Waals surface area contributed by atoms with E-state index in [1.165, 1.54) is 6.07 Å². The van der Waals surface area contributed by atoms with Crippen LogP contribution >= 0.6 is 0 Å². The predicted octanol–water partition coefficient (Wildman–Crippen LogP) is 3.51. The van der Waals surface area contributed by atoms with Crippen LogP contribution in [-0.4, -0.2) is 39.4 Å². The Labute approximate surface area is 181 Å². The first kappa shape index (κ1) is 21.0. The van der Waals surface area contributed by atoms with Crippen LogP contribution in [0.25, 0.3) is 11.0 Å². The minimum absolute atomic E-state index is 0.0804. The summed E-state index contributed by atoms with van der Waals surface area (Å²) in [5.41, 5.74) is 2.32. The number of likely N-dealkylation sites (tertiary alicyclic amines) is 1. The van der Waals surface area contributed by atoms with Crippen LogP contribution < -0.4 is 5.32 Å². The Bertz CT molecular complexity index is 1060. The van der Waals surface area contributed by atoms with Gasteiger partial charge < -0.3 is 14.8 Å². The molecule has 1 atom stereocenters. The van der Waals surface area contributed by atoms with Gasteiger partial charge in [-0.3, -0.25) is 9.59 Å². The summed E-state index contributed by atoms with van der Waals surface area (Å²) in [5, 5.41) is 2.79. The molecule has 1 saturated heterocycles. The van der Waals surface area contributed by atoms with Crippen molar-refractivity contribution in [1.29, 1.82) is 0 Å². The molecule has 0 bridgehead atoms. The monoisotopic (exact) mass is 422 g/mol. The van der Waals surface area contributed by atoms with Gasteiger partial charge in [0, 0.05) is 31.6 Å². The van der Waals surface area contributed by atoms with Gasteiger partial charge in [0.2, 0.25) is 11.8 Å². The fourth-order valence-electron chi connectivity index (χ4n) is 4.17. The van der Waals surface area contributed by atoms with Gasteiger partial charge in [0.15, 0.2) is 0 Å². The molecule has 162 valence electrons. The molecule has 4 rings (SSSR count). The van der Waals surface area contributed by atoms with Gasteiger partial charge in [-0.05, 0) is 43.4 Å². The van der Waals surface area contributed by atoms with Gasteiger partial charge in [0.05, 0.1) is 17.4 Å². The maximum atomic E-state index is 13.7. The molecule has 2 amide bonds. The van der Waals surface area contributed by atoms with Crippen LogP contribution in [0.1, 0.15) is 31.2 Å². The molecule has 0 saturated carbocycles. The number of nitrogens with one attached hydrogen (secondary N) is 1. The average Bonchev–Trinajstić information content (AvgIpc) is 3.20. The lowest BCUT2D eigenvalue weighted by Gasteiger charge is -2.33. The maximum absolute atomic E-state index is 13.7. The molecular formula is C24H27FN4O2. The molecule has 1 N–H and O–H groups in total. The van der Waals surface area contributed by atoms with Crippen molar-refractivity contribution in [2.75, 3.05) is 13.1 Å². The standard InChI is InChI=1S/C24H27FN4O2/c25-20-8-2-1-7-19(20)14-26-23(30)12-11-18-6-5-13-28(15-18)24(31)16-29-17-27-21-9-3-4-10-22(21)29/h1-4,7-10,17-18H,5-6,11-16H2,(H,26,30)/t18-/m0/s1. The van der Waals surface area contributed by atoms with Gasteiger partial charge in [0.25, 0.3) is 0 Å². The third-order valence-electron chi connectivity index (χ3n) is 5.92. The Morgan fingerprint density at radius 3 is 2.81 bits per heavy atom. The summed E-state index contributed by atoms with van der Waals surface area (Å²) in [4.78, 5) is 31.3. The van der Waals surface area contributed by atoms with Crippen LogP contribution in [0.3, 0.4) is 0 Å². The normalized spacial score (nSPS) is 16.4. The molecule has 7 heteroatoms. The molecule has 2 aromatic carbocycles. The second-order valence-electron chi connectivity index (χ2n) is 8.12. The van der Waals surface area contributed by atoms with Gasteiger partial charge in [-0.25, -0.2) is 9.37 Å². The quantitative estimate of drug-likeness (QED) is 0.634. The van der Waals surface area contributed by atoms with E-state index in [9.17, 15) is 14.0 Å². The lowest BCUT2D eigenvalue weighted by molar-refractivity contribution is -0.133. The number of rotatable bonds is 7. The van der Waals surface area contributed by atoms with Gasteiger partial charge in [0.1, 0.15) is 12.4 Å². The molecule has 1 aliphatic rings. The van der Waals surface area contributed by atoms with Crippen molar-refractivity contribution in [2.24, 2.45) is 5.92 Å². The second-order valence-corrected chi connectivity index (χ2v) is 8.12. The summed E-state index contributed by atoms with van der Waals surface area (Å²) < 4.78 is 15.5. The molecule has 6 nitrogen and oxygen atoms in total. The number of hydrogen-bond acceptors (Lipinski definition) is 3. The minimum Gasteiger partial charge on any atom is -0.352 e. The summed E-state index contributed by atoms with van der Waals surface area (Å²) in [6.45, 7) is 1.89. The molecule has 0 aliphatic carbocycles. The molecule has 1 aliphatic heterocycles. The van der Waals surface area contributed by atoms with Crippen molar-refractivity contribution in [3.8, 4) is 0 Å². The number of piperidine rings is 1. The molecule has 1 aromatic heterocycles. The van der Waals surface area contributed by atoms with Gasteiger partial charge in [-0.2, -0.15) is 0 Å². The van der Waals surface area contributed by atoms with Crippen LogP contribution in [0.4, 0.5) is 4.39 Å². The smallest absolute Gasteiger partial charge is 0.242 e. The number of carbonyl (C=O) groups excluding carboxylic acids is 2. The van der Waals surface area contributed by atoms with E-state index in [4.69, 9.17) is 0 Å². The van der Waals surface area contributed by atoms with Crippen molar-refractivity contribution in [3.05, 3.63) is 66.2 Å². The Hall–Kier alpha value is -3.22. The molecule has 31 heavy (non-hydrogen) atoms. The van der Waals surface area contributed by atoms with Crippen LogP contribution in [0.15, 0.2) is 54.9 Å². The summed E-state index contributed by atoms with van der Waals surface area (Å²) in [5.74, 6) is -0.0141. The maximum Gasteiger partial charge on any atom is 0.242 e. The zero-order valence-corrected chi connectivity index (χ0v) is 17.5. The largest absolute Gasteiger partial charge is 0.352 e. The van der Waals surface area contributed by atoms with Crippen LogP contribution in [0, 0.1) is 11.7 Å². The Morgan fingerprint density at radius 2 is 1.94 bits per heavy atom. The molecular weight excluding hydrogens is 395 g/mol. The predicted molar refractivity (Wildman–Crippen MR) is 117 cm³/mol. The van der Waals surface area contributed by atoms with Gasteiger partial charge >= 0.3 is 0 Å². The average molecular weight is 423 g/mol. The Kier molecular flexibility index (Phi) is 6.60. The molecule has 0 radical (unpaired) electrons. The lowest BCUT2D eigenvalue weighted by Crippen LogP contribution is -2.41. The van der Waals surface area contributed by atoms with E-state index in [0.717, 1.165) is 36.8 Å². The number of amides is 2. The highest BCUT2D eigenvalue weighted by Gasteiger charge is 2.24. The minimum atomic E-state index is -0.310. The Balaban J connectivity index is 1.25. The summed E-state index contributed by atoms with van der Waals surface area (Å²) in [7, 11) is 0. The van der Waals surface area contributed by atoms with E-state index in [0.29, 0.717) is 24.4 Å². The van der Waals surface area contributed by atoms with E-state index in [1.54, 1.807) is 24.5 Å². The third kappa shape index (κ3) is 5.29. The van der Waals surface area contributed by atoms with Crippen molar-refractivity contribution >= 4 is 22.8 Å². The van der Waals surface area contributed by atoms with E-state index >= 15 is 0 Å². The topological polar surface area (TPSA) is 67.2 Å². The third-order valence-corrected chi connectivity index (χ3v) is 5.92. The van der Waals surface area contributed by atoms with Crippen molar-refractivity contribution in [2.45, 2.75) is 38.8 Å². The molecule has 1 fully saturated rings. The first-order chi connectivity index (χ1) is 15.1. The summed E-state index contributed by atoms with van der Waals surface area (Å²) in [6.07, 6.45) is 4.77. The second kappa shape index (κ2) is 9.73. The SMILES string of the molecule is O=C(CC[C@@H]1CCCN(C(=O)Cn2cnc3ccccc32)C1)NCc1ccccc1F. The lowest BCUT2D eigenvalue weighted by atomic mass is 9.93. The zero-order valence-electron chi connectivity index (χ0n) is 17.5. The first-order valence-corrected chi connectivity index (χ1v) is 10.8. The number of nitrogens with zero attached hydrogens (tertiary/aromatic N) is 3. The fraction of sp³-hybridized carbons (Fsp3) is 0.375. The number of fused-ring (bicyclic) bond motifs is 1. The number of imidazole rings is 1. The van der Waals surface area contributed by atoms with E-state index < -0.39 is 0 Å². The highest BCUT2D eigenvalue weighted by Crippen LogP contribution is 2.22. The first-order valence-electron chi connectivity index (χ1n) is 10.8. The van der Waals surface area contributed by atoms with Gasteiger partial charge in [-0.15, -0.1) is 0 Å². The van der Waals surface area contributed by atoms with Crippen LogP contribution in [-0.2, 0) is 22.7 Å². The number of para-hydroxylation sites is 2. The van der Waals surface area contributed by atoms with Crippen molar-refractivity contribution in [3.63, 3.8) is 0 Å². The number of aromatic nitrogens is 2. The Morgan fingerprint density at radius 1 is 1.13 bits per heavy atom. The van der Waals surface area contributed by atoms with Crippen LogP contribution in [0.5, 0.6) is 0 Å². The number of hydrogen-bond donors (Lipinski definition) is 1. The highest BCUT2D eigenvalue weighted by molar-refractivity contribution is 5.80. The number of halogens is 1. The zero-order chi connectivity index (χ0) is 21.6. The number of carbonyl (C=O) groups is 2. The highest BCUT2D eigenvalue weighted by atomic mass is 19.1. The van der Waals surface area contributed by atoms with Gasteiger partial charge in [-0.1, -0.05) is 30.3 Å². The van der Waals surface area contributed by atoms with Crippen LogP contribution in [0.2, 0.25) is 0 Å². The fourth-order valence-corrected chi connectivity index (χ4v) is 4.17. The summed E-state index contributed by atoms with van der Waals surface area (Å²) in [6, 6.07) is 14.2. The molecule has 0 spiro atoms. The molecule has 2 heterocycles. The molecule has 3 aromatic rings. The van der Waals surface area contributed by atoms with Crippen molar-refractivity contribution in [1.82, 2.24) is 19.8 Å². The summed E-state index contributed by atoms with van der Waals surface area (Å²) >= 11 is 0. The van der Waals surface area contributed by atoms with Crippen molar-refractivity contribution < 1.29 is 14.0 Å².